The summed E-state index contributed by atoms with van der Waals surface area (Å²) in [6.45, 7) is 9.58. The fraction of sp³-hybridized carbons (Fsp3) is 0.333. The Morgan fingerprint density at radius 3 is 2.34 bits per heavy atom. The molecular weight excluding hydrogens is 520 g/mol. The summed E-state index contributed by atoms with van der Waals surface area (Å²) in [6, 6.07) is 19.6. The third kappa shape index (κ3) is 7.12. The predicted octanol–water partition coefficient (Wildman–Crippen LogP) is 6.59. The lowest BCUT2D eigenvalue weighted by molar-refractivity contribution is 0.0734. The molecule has 1 heterocycles. The van der Waals surface area contributed by atoms with Gasteiger partial charge in [-0.15, -0.1) is 0 Å². The molecule has 3 aromatic carbocycles. The number of allylic oxidation sites excluding steroid dienone is 1. The molecule has 0 amide bonds. The van der Waals surface area contributed by atoms with Gasteiger partial charge in [-0.25, -0.2) is 4.79 Å². The third-order valence-electron chi connectivity index (χ3n) is 6.55. The largest absolute Gasteiger partial charge is 0.493 e. The highest BCUT2D eigenvalue weighted by atomic mass is 16.5. The molecule has 0 fully saturated rings. The van der Waals surface area contributed by atoms with Crippen LogP contribution in [0.25, 0.3) is 0 Å². The molecule has 41 heavy (non-hydrogen) atoms. The lowest BCUT2D eigenvalue weighted by atomic mass is 9.83. The van der Waals surface area contributed by atoms with Gasteiger partial charge in [0.2, 0.25) is 5.88 Å². The van der Waals surface area contributed by atoms with E-state index in [0.29, 0.717) is 59.2 Å². The van der Waals surface area contributed by atoms with Gasteiger partial charge in [0.05, 0.1) is 31.8 Å². The number of methoxy groups -OCH3 is 1. The van der Waals surface area contributed by atoms with E-state index >= 15 is 0 Å². The highest BCUT2D eigenvalue weighted by Crippen LogP contribution is 2.45. The van der Waals surface area contributed by atoms with Crippen LogP contribution < -0.4 is 29.4 Å². The second kappa shape index (κ2) is 13.1. The SMILES string of the molecule is COc1cc(C2C(C#N)=C(N)Oc3cc(OC(=O)c4ccc(OCC(C)C)cc4)ccc32)ccc1OCCC(C)C. The van der Waals surface area contributed by atoms with Crippen LogP contribution in [0.3, 0.4) is 0 Å². The molecule has 3 aromatic rings. The summed E-state index contributed by atoms with van der Waals surface area (Å²) in [7, 11) is 1.58. The first-order valence-corrected chi connectivity index (χ1v) is 13.7. The fourth-order valence-corrected chi connectivity index (χ4v) is 4.35. The summed E-state index contributed by atoms with van der Waals surface area (Å²) >= 11 is 0. The number of hydrogen-bond donors (Lipinski definition) is 1. The Labute approximate surface area is 241 Å². The predicted molar refractivity (Wildman–Crippen MR) is 155 cm³/mol. The van der Waals surface area contributed by atoms with Gasteiger partial charge >= 0.3 is 5.97 Å². The van der Waals surface area contributed by atoms with Crippen LogP contribution in [0.1, 0.15) is 61.5 Å². The maximum Gasteiger partial charge on any atom is 0.343 e. The van der Waals surface area contributed by atoms with Crippen LogP contribution in [-0.2, 0) is 0 Å². The molecule has 2 N–H and O–H groups in total. The van der Waals surface area contributed by atoms with Gasteiger partial charge in [-0.2, -0.15) is 5.26 Å². The molecule has 8 heteroatoms. The van der Waals surface area contributed by atoms with Crippen LogP contribution in [0.5, 0.6) is 28.7 Å². The quantitative estimate of drug-likeness (QED) is 0.208. The van der Waals surface area contributed by atoms with E-state index in [9.17, 15) is 10.1 Å². The molecule has 1 unspecified atom stereocenters. The van der Waals surface area contributed by atoms with Gasteiger partial charge in [0.25, 0.3) is 0 Å². The lowest BCUT2D eigenvalue weighted by Gasteiger charge is -2.27. The van der Waals surface area contributed by atoms with E-state index in [1.165, 1.54) is 0 Å². The number of carbonyl (C=O) groups excluding carboxylic acids is 1. The Morgan fingerprint density at radius 2 is 1.68 bits per heavy atom. The number of carbonyl (C=O) groups is 1. The summed E-state index contributed by atoms with van der Waals surface area (Å²) in [5.41, 5.74) is 8.33. The molecule has 1 atom stereocenters. The van der Waals surface area contributed by atoms with Gasteiger partial charge in [-0.3, -0.25) is 0 Å². The minimum atomic E-state index is -0.522. The zero-order chi connectivity index (χ0) is 29.5. The number of nitrogens with two attached hydrogens (primary N) is 1. The number of ether oxygens (including phenoxy) is 5. The zero-order valence-electron chi connectivity index (χ0n) is 24.1. The Bertz CT molecular complexity index is 1450. The molecule has 0 aliphatic carbocycles. The molecule has 8 nitrogen and oxygen atoms in total. The van der Waals surface area contributed by atoms with E-state index in [0.717, 1.165) is 12.0 Å². The first-order chi connectivity index (χ1) is 19.7. The Balaban J connectivity index is 1.57. The lowest BCUT2D eigenvalue weighted by Crippen LogP contribution is -2.21. The van der Waals surface area contributed by atoms with E-state index in [-0.39, 0.29) is 17.2 Å². The van der Waals surface area contributed by atoms with Crippen molar-refractivity contribution in [3.05, 3.63) is 88.8 Å². The number of benzene rings is 3. The molecule has 0 saturated carbocycles. The summed E-state index contributed by atoms with van der Waals surface area (Å²) in [5, 5.41) is 9.95. The van der Waals surface area contributed by atoms with Crippen molar-refractivity contribution in [1.29, 1.82) is 5.26 Å². The smallest absolute Gasteiger partial charge is 0.343 e. The summed E-state index contributed by atoms with van der Waals surface area (Å²) in [6.07, 6.45) is 0.918. The van der Waals surface area contributed by atoms with E-state index in [1.54, 1.807) is 49.6 Å². The molecule has 0 saturated heterocycles. The first kappa shape index (κ1) is 29.3. The average Bonchev–Trinajstić information content (AvgIpc) is 2.95. The van der Waals surface area contributed by atoms with Crippen molar-refractivity contribution in [2.75, 3.05) is 20.3 Å². The van der Waals surface area contributed by atoms with Gasteiger partial charge in [0.1, 0.15) is 28.9 Å². The Hall–Kier alpha value is -4.64. The second-order valence-electron chi connectivity index (χ2n) is 10.7. The van der Waals surface area contributed by atoms with Crippen molar-refractivity contribution in [1.82, 2.24) is 0 Å². The van der Waals surface area contributed by atoms with Gasteiger partial charge in [-0.05, 0) is 66.3 Å². The Kier molecular flexibility index (Phi) is 9.41. The topological polar surface area (TPSA) is 113 Å². The standard InChI is InChI=1S/C33H36N2O6/c1-20(2)14-15-38-28-13-8-23(16-30(28)37-5)31-26-12-11-25(17-29(26)41-32(35)27(31)18-34)40-33(36)22-6-9-24(10-7-22)39-19-21(3)4/h6-13,16-17,20-21,31H,14-15,19,35H2,1-5H3. The number of fused-ring (bicyclic) bond motifs is 1. The van der Waals surface area contributed by atoms with E-state index in [2.05, 4.69) is 33.8 Å². The molecule has 214 valence electrons. The number of rotatable bonds is 11. The summed E-state index contributed by atoms with van der Waals surface area (Å²) < 4.78 is 28.6. The molecule has 1 aliphatic rings. The van der Waals surface area contributed by atoms with Crippen LogP contribution in [0.4, 0.5) is 0 Å². The van der Waals surface area contributed by atoms with Crippen LogP contribution in [0, 0.1) is 23.2 Å². The van der Waals surface area contributed by atoms with Crippen LogP contribution >= 0.6 is 0 Å². The highest BCUT2D eigenvalue weighted by molar-refractivity contribution is 5.91. The fourth-order valence-electron chi connectivity index (χ4n) is 4.35. The minimum absolute atomic E-state index is 0.0123. The highest BCUT2D eigenvalue weighted by Gasteiger charge is 2.32. The number of esters is 1. The average molecular weight is 557 g/mol. The third-order valence-corrected chi connectivity index (χ3v) is 6.55. The monoisotopic (exact) mass is 556 g/mol. The van der Waals surface area contributed by atoms with Crippen molar-refractivity contribution in [2.45, 2.75) is 40.0 Å². The molecule has 0 bridgehead atoms. The molecule has 4 rings (SSSR count). The van der Waals surface area contributed by atoms with Crippen LogP contribution in [-0.4, -0.2) is 26.3 Å². The van der Waals surface area contributed by atoms with Crippen molar-refractivity contribution >= 4 is 5.97 Å². The maximum absolute atomic E-state index is 12.8. The van der Waals surface area contributed by atoms with E-state index < -0.39 is 11.9 Å². The van der Waals surface area contributed by atoms with Crippen LogP contribution in [0.2, 0.25) is 0 Å². The van der Waals surface area contributed by atoms with Crippen molar-refractivity contribution in [3.63, 3.8) is 0 Å². The van der Waals surface area contributed by atoms with Crippen LogP contribution in [0.15, 0.2) is 72.1 Å². The molecule has 0 aromatic heterocycles. The maximum atomic E-state index is 12.8. The van der Waals surface area contributed by atoms with Gasteiger partial charge in [-0.1, -0.05) is 39.8 Å². The summed E-state index contributed by atoms with van der Waals surface area (Å²) in [5.74, 6) is 2.42. The molecular formula is C33H36N2O6. The van der Waals surface area contributed by atoms with Gasteiger partial charge in [0.15, 0.2) is 11.5 Å². The first-order valence-electron chi connectivity index (χ1n) is 13.7. The molecule has 0 radical (unpaired) electrons. The zero-order valence-corrected chi connectivity index (χ0v) is 24.1. The normalized spacial score (nSPS) is 14.2. The van der Waals surface area contributed by atoms with Crippen molar-refractivity contribution in [2.24, 2.45) is 17.6 Å². The second-order valence-corrected chi connectivity index (χ2v) is 10.7. The number of nitriles is 1. The van der Waals surface area contributed by atoms with E-state index in [4.69, 9.17) is 29.4 Å². The van der Waals surface area contributed by atoms with Crippen molar-refractivity contribution < 1.29 is 28.5 Å². The minimum Gasteiger partial charge on any atom is -0.493 e. The van der Waals surface area contributed by atoms with E-state index in [1.807, 2.05) is 18.2 Å². The summed E-state index contributed by atoms with van der Waals surface area (Å²) in [4.78, 5) is 12.8. The Morgan fingerprint density at radius 1 is 0.951 bits per heavy atom. The molecule has 1 aliphatic heterocycles. The van der Waals surface area contributed by atoms with Gasteiger partial charge < -0.3 is 29.4 Å². The molecule has 0 spiro atoms. The number of nitrogens with zero attached hydrogens (tertiary/aromatic N) is 1. The number of hydrogen-bond acceptors (Lipinski definition) is 8. The van der Waals surface area contributed by atoms with Gasteiger partial charge in [0, 0.05) is 11.6 Å². The van der Waals surface area contributed by atoms with Crippen molar-refractivity contribution in [3.8, 4) is 34.8 Å².